The zero-order valence-electron chi connectivity index (χ0n) is 10.4. The van der Waals surface area contributed by atoms with Crippen molar-refractivity contribution < 1.29 is 19.4 Å². The van der Waals surface area contributed by atoms with Crippen molar-refractivity contribution in [3.8, 4) is 0 Å². The van der Waals surface area contributed by atoms with Gasteiger partial charge in [-0.3, -0.25) is 4.79 Å². The Morgan fingerprint density at radius 2 is 2.18 bits per heavy atom. The average molecular weight is 238 g/mol. The van der Waals surface area contributed by atoms with Crippen LogP contribution in [0.1, 0.15) is 19.8 Å². The van der Waals surface area contributed by atoms with Gasteiger partial charge < -0.3 is 14.6 Å². The molecule has 2 rings (SSSR count). The van der Waals surface area contributed by atoms with E-state index in [0.717, 1.165) is 12.0 Å². The minimum Gasteiger partial charge on any atom is -0.500 e. The summed E-state index contributed by atoms with van der Waals surface area (Å²) in [7, 11) is 2.92. The number of carbonyl (C=O) groups excluding carboxylic acids is 1. The van der Waals surface area contributed by atoms with Gasteiger partial charge >= 0.3 is 5.97 Å². The number of aliphatic hydroxyl groups is 1. The summed E-state index contributed by atoms with van der Waals surface area (Å²) in [6.07, 6.45) is 5.11. The third kappa shape index (κ3) is 1.86. The molecule has 2 aliphatic rings. The molecule has 1 N–H and O–H groups in total. The van der Waals surface area contributed by atoms with Crippen LogP contribution in [0.4, 0.5) is 0 Å². The molecule has 17 heavy (non-hydrogen) atoms. The first-order valence-corrected chi connectivity index (χ1v) is 5.76. The van der Waals surface area contributed by atoms with Crippen molar-refractivity contribution >= 4 is 5.97 Å². The molecule has 0 spiro atoms. The molecule has 3 atom stereocenters. The number of methoxy groups -OCH3 is 2. The van der Waals surface area contributed by atoms with Gasteiger partial charge in [-0.1, -0.05) is 12.2 Å². The highest BCUT2D eigenvalue weighted by molar-refractivity contribution is 5.78. The van der Waals surface area contributed by atoms with Crippen LogP contribution in [-0.4, -0.2) is 30.9 Å². The number of fused-ring (bicyclic) bond motifs is 1. The molecule has 1 unspecified atom stereocenters. The summed E-state index contributed by atoms with van der Waals surface area (Å²) in [5.74, 6) is -0.193. The summed E-state index contributed by atoms with van der Waals surface area (Å²) in [4.78, 5) is 11.6. The van der Waals surface area contributed by atoms with E-state index >= 15 is 0 Å². The molecular formula is C13H18O4. The van der Waals surface area contributed by atoms with Gasteiger partial charge in [-0.15, -0.1) is 0 Å². The minimum atomic E-state index is -0.739. The maximum absolute atomic E-state index is 11.6. The van der Waals surface area contributed by atoms with Crippen molar-refractivity contribution in [2.45, 2.75) is 25.4 Å². The largest absolute Gasteiger partial charge is 0.500 e. The molecule has 0 amide bonds. The summed E-state index contributed by atoms with van der Waals surface area (Å²) in [6, 6.07) is 0. The number of hydrogen-bond acceptors (Lipinski definition) is 4. The molecule has 0 saturated heterocycles. The van der Waals surface area contributed by atoms with E-state index in [1.54, 1.807) is 13.2 Å². The Morgan fingerprint density at radius 1 is 1.47 bits per heavy atom. The lowest BCUT2D eigenvalue weighted by Gasteiger charge is -2.29. The van der Waals surface area contributed by atoms with Gasteiger partial charge in [0.25, 0.3) is 0 Å². The normalized spacial score (nSPS) is 35.8. The fourth-order valence-corrected chi connectivity index (χ4v) is 2.75. The predicted molar refractivity (Wildman–Crippen MR) is 62.0 cm³/mol. The van der Waals surface area contributed by atoms with Crippen LogP contribution < -0.4 is 0 Å². The summed E-state index contributed by atoms with van der Waals surface area (Å²) in [6.45, 7) is 1.82. The lowest BCUT2D eigenvalue weighted by atomic mass is 9.83. The Hall–Kier alpha value is -1.29. The van der Waals surface area contributed by atoms with Crippen LogP contribution in [-0.2, 0) is 14.3 Å². The van der Waals surface area contributed by atoms with Gasteiger partial charge in [-0.05, 0) is 25.3 Å². The van der Waals surface area contributed by atoms with Crippen LogP contribution in [0.25, 0.3) is 0 Å². The Bertz CT molecular complexity index is 392. The second-order valence-electron chi connectivity index (χ2n) is 4.81. The van der Waals surface area contributed by atoms with Crippen molar-refractivity contribution in [1.82, 2.24) is 0 Å². The Labute approximate surface area is 101 Å². The molecule has 1 saturated carbocycles. The van der Waals surface area contributed by atoms with E-state index in [9.17, 15) is 9.90 Å². The van der Waals surface area contributed by atoms with Crippen LogP contribution in [0.3, 0.4) is 0 Å². The van der Waals surface area contributed by atoms with Gasteiger partial charge in [0.1, 0.15) is 11.7 Å². The van der Waals surface area contributed by atoms with Gasteiger partial charge in [0.15, 0.2) is 0 Å². The van der Waals surface area contributed by atoms with Gasteiger partial charge in [-0.2, -0.15) is 0 Å². The highest BCUT2D eigenvalue weighted by Gasteiger charge is 2.44. The molecule has 0 aromatic heterocycles. The second-order valence-corrected chi connectivity index (χ2v) is 4.81. The van der Waals surface area contributed by atoms with E-state index in [-0.39, 0.29) is 11.9 Å². The van der Waals surface area contributed by atoms with Crippen molar-refractivity contribution in [2.75, 3.05) is 14.2 Å². The highest BCUT2D eigenvalue weighted by atomic mass is 16.5. The zero-order valence-corrected chi connectivity index (χ0v) is 10.4. The fourth-order valence-electron chi connectivity index (χ4n) is 2.75. The van der Waals surface area contributed by atoms with Crippen LogP contribution >= 0.6 is 0 Å². The van der Waals surface area contributed by atoms with Gasteiger partial charge in [0, 0.05) is 5.92 Å². The summed E-state index contributed by atoms with van der Waals surface area (Å²) >= 11 is 0. The smallest absolute Gasteiger partial charge is 0.320 e. The lowest BCUT2D eigenvalue weighted by molar-refractivity contribution is -0.143. The Morgan fingerprint density at radius 3 is 2.76 bits per heavy atom. The van der Waals surface area contributed by atoms with Crippen molar-refractivity contribution in [3.63, 3.8) is 0 Å². The maximum Gasteiger partial charge on any atom is 0.320 e. The highest BCUT2D eigenvalue weighted by Crippen LogP contribution is 2.46. The van der Waals surface area contributed by atoms with Crippen molar-refractivity contribution in [3.05, 3.63) is 23.5 Å². The molecule has 94 valence electrons. The molecule has 2 aliphatic carbocycles. The molecular weight excluding hydrogens is 220 g/mol. The molecule has 0 heterocycles. The number of carbonyl (C=O) groups is 1. The maximum atomic E-state index is 11.6. The first-order valence-electron chi connectivity index (χ1n) is 5.76. The van der Waals surface area contributed by atoms with Crippen molar-refractivity contribution in [1.29, 1.82) is 0 Å². The number of hydrogen-bond donors (Lipinski definition) is 1. The third-order valence-electron chi connectivity index (χ3n) is 3.72. The SMILES string of the molecule is COC(=O)C1C=C[C@@H]2C(=C1OC)CC[C@@]2(C)O. The molecule has 0 bridgehead atoms. The summed E-state index contributed by atoms with van der Waals surface area (Å²) in [5, 5.41) is 10.2. The van der Waals surface area contributed by atoms with Crippen molar-refractivity contribution in [2.24, 2.45) is 11.8 Å². The number of rotatable bonds is 2. The topological polar surface area (TPSA) is 55.8 Å². The van der Waals surface area contributed by atoms with E-state index in [1.165, 1.54) is 7.11 Å². The molecule has 0 aliphatic heterocycles. The van der Waals surface area contributed by atoms with E-state index in [2.05, 4.69) is 0 Å². The van der Waals surface area contributed by atoms with Gasteiger partial charge in [-0.25, -0.2) is 0 Å². The third-order valence-corrected chi connectivity index (χ3v) is 3.72. The Balaban J connectivity index is 2.38. The van der Waals surface area contributed by atoms with Crippen LogP contribution in [0.5, 0.6) is 0 Å². The monoisotopic (exact) mass is 238 g/mol. The van der Waals surface area contributed by atoms with E-state index in [1.807, 2.05) is 13.0 Å². The first-order chi connectivity index (χ1) is 8.01. The quantitative estimate of drug-likeness (QED) is 0.583. The molecule has 4 heteroatoms. The average Bonchev–Trinajstić information content (AvgIpc) is 2.63. The van der Waals surface area contributed by atoms with Gasteiger partial charge in [0.05, 0.1) is 19.8 Å². The molecule has 0 radical (unpaired) electrons. The standard InChI is InChI=1S/C13H18O4/c1-13(15)7-6-8-10(13)5-4-9(11(8)16-2)12(14)17-3/h4-5,9-10,15H,6-7H2,1-3H3/t9?,10-,13-/m1/s1. The van der Waals surface area contributed by atoms with Crippen LogP contribution in [0.2, 0.25) is 0 Å². The number of esters is 1. The lowest BCUT2D eigenvalue weighted by Crippen LogP contribution is -2.31. The van der Waals surface area contributed by atoms with E-state index in [0.29, 0.717) is 12.2 Å². The van der Waals surface area contributed by atoms with Crippen LogP contribution in [0.15, 0.2) is 23.5 Å². The minimum absolute atomic E-state index is 0.0432. The first kappa shape index (κ1) is 12.2. The zero-order chi connectivity index (χ0) is 12.6. The molecule has 4 nitrogen and oxygen atoms in total. The Kier molecular flexibility index (Phi) is 3.00. The fraction of sp³-hybridized carbons (Fsp3) is 0.615. The second kappa shape index (κ2) is 4.18. The summed E-state index contributed by atoms with van der Waals surface area (Å²) in [5.41, 5.74) is 0.284. The molecule has 0 aromatic rings. The summed E-state index contributed by atoms with van der Waals surface area (Å²) < 4.78 is 10.1. The molecule has 0 aromatic carbocycles. The number of ether oxygens (including phenoxy) is 2. The van der Waals surface area contributed by atoms with E-state index in [4.69, 9.17) is 9.47 Å². The predicted octanol–water partition coefficient (Wildman–Crippen LogP) is 1.41. The van der Waals surface area contributed by atoms with Crippen LogP contribution in [0, 0.1) is 11.8 Å². The molecule has 1 fully saturated rings. The van der Waals surface area contributed by atoms with E-state index < -0.39 is 11.5 Å². The van der Waals surface area contributed by atoms with Gasteiger partial charge in [0.2, 0.25) is 0 Å².